The second kappa shape index (κ2) is 7.12. The number of aromatic nitrogens is 1. The fraction of sp³-hybridized carbons (Fsp3) is 0.0800. The molecule has 1 aromatic heterocycles. The molecule has 0 atom stereocenters. The van der Waals surface area contributed by atoms with Gasteiger partial charge in [0.1, 0.15) is 17.2 Å². The number of fused-ring (bicyclic) bond motifs is 2. The van der Waals surface area contributed by atoms with E-state index in [4.69, 9.17) is 14.2 Å². The van der Waals surface area contributed by atoms with Gasteiger partial charge in [-0.05, 0) is 42.0 Å². The third-order valence-corrected chi connectivity index (χ3v) is 5.26. The van der Waals surface area contributed by atoms with E-state index in [9.17, 15) is 4.79 Å². The molecule has 5 rings (SSSR count). The molecule has 0 radical (unpaired) electrons. The van der Waals surface area contributed by atoms with Gasteiger partial charge in [-0.1, -0.05) is 30.3 Å². The standard InChI is InChI=1S/C25H19NO4/c1-28-16-9-11-21-19(12-16)20(24(26-21)15-6-4-3-5-7-15)14-23-25(27)18-10-8-17(29-2)13-22(18)30-23/h3-14,26H,1-2H3/b23-14-. The van der Waals surface area contributed by atoms with Gasteiger partial charge in [0.05, 0.1) is 25.5 Å². The second-order valence-corrected chi connectivity index (χ2v) is 6.99. The molecule has 148 valence electrons. The summed E-state index contributed by atoms with van der Waals surface area (Å²) in [5.74, 6) is 2.02. The van der Waals surface area contributed by atoms with Crippen LogP contribution in [0.2, 0.25) is 0 Å². The zero-order valence-electron chi connectivity index (χ0n) is 16.6. The van der Waals surface area contributed by atoms with Gasteiger partial charge in [0.2, 0.25) is 5.78 Å². The van der Waals surface area contributed by atoms with Gasteiger partial charge in [-0.15, -0.1) is 0 Å². The molecule has 0 fully saturated rings. The van der Waals surface area contributed by atoms with E-state index in [-0.39, 0.29) is 11.5 Å². The van der Waals surface area contributed by atoms with Gasteiger partial charge in [0, 0.05) is 22.5 Å². The molecular formula is C25H19NO4. The number of benzene rings is 3. The summed E-state index contributed by atoms with van der Waals surface area (Å²) >= 11 is 0. The van der Waals surface area contributed by atoms with Gasteiger partial charge >= 0.3 is 0 Å². The number of hydrogen-bond donors (Lipinski definition) is 1. The summed E-state index contributed by atoms with van der Waals surface area (Å²) in [6.07, 6.45) is 1.80. The lowest BCUT2D eigenvalue weighted by molar-refractivity contribution is 0.101. The molecule has 0 unspecified atom stereocenters. The molecular weight excluding hydrogens is 378 g/mol. The molecule has 0 saturated carbocycles. The Labute approximate surface area is 173 Å². The number of carbonyl (C=O) groups excluding carboxylic acids is 1. The molecule has 3 aromatic carbocycles. The minimum absolute atomic E-state index is 0.149. The molecule has 1 aliphatic heterocycles. The Morgan fingerprint density at radius 1 is 0.900 bits per heavy atom. The van der Waals surface area contributed by atoms with Gasteiger partial charge in [0.25, 0.3) is 0 Å². The van der Waals surface area contributed by atoms with Crippen LogP contribution < -0.4 is 14.2 Å². The molecule has 5 nitrogen and oxygen atoms in total. The van der Waals surface area contributed by atoms with E-state index in [1.165, 1.54) is 0 Å². The van der Waals surface area contributed by atoms with Crippen molar-refractivity contribution in [3.8, 4) is 28.5 Å². The molecule has 0 aliphatic carbocycles. The first-order valence-corrected chi connectivity index (χ1v) is 9.55. The summed E-state index contributed by atoms with van der Waals surface area (Å²) in [4.78, 5) is 16.4. The third kappa shape index (κ3) is 2.92. The fourth-order valence-corrected chi connectivity index (χ4v) is 3.73. The number of Topliss-reactive ketones (excluding diaryl/α,β-unsaturated/α-hetero) is 1. The third-order valence-electron chi connectivity index (χ3n) is 5.26. The van der Waals surface area contributed by atoms with Crippen molar-refractivity contribution in [2.75, 3.05) is 14.2 Å². The van der Waals surface area contributed by atoms with Gasteiger partial charge in [-0.3, -0.25) is 4.79 Å². The zero-order chi connectivity index (χ0) is 20.7. The van der Waals surface area contributed by atoms with Crippen LogP contribution in [0.4, 0.5) is 0 Å². The van der Waals surface area contributed by atoms with Gasteiger partial charge in [-0.25, -0.2) is 0 Å². The summed E-state index contributed by atoms with van der Waals surface area (Å²) in [7, 11) is 3.22. The normalized spacial score (nSPS) is 14.1. The van der Waals surface area contributed by atoms with Crippen molar-refractivity contribution in [2.45, 2.75) is 0 Å². The van der Waals surface area contributed by atoms with Crippen LogP contribution in [0.15, 0.2) is 72.5 Å². The number of rotatable bonds is 4. The summed E-state index contributed by atoms with van der Waals surface area (Å²) in [6, 6.07) is 21.1. The molecule has 30 heavy (non-hydrogen) atoms. The molecule has 5 heteroatoms. The summed E-state index contributed by atoms with van der Waals surface area (Å²) in [5, 5.41) is 0.950. The Balaban J connectivity index is 1.69. The maximum absolute atomic E-state index is 13.0. The lowest BCUT2D eigenvalue weighted by atomic mass is 10.0. The Kier molecular flexibility index (Phi) is 4.29. The number of hydrogen-bond acceptors (Lipinski definition) is 4. The van der Waals surface area contributed by atoms with Crippen molar-refractivity contribution in [1.29, 1.82) is 0 Å². The predicted molar refractivity (Wildman–Crippen MR) is 116 cm³/mol. The maximum Gasteiger partial charge on any atom is 0.231 e. The van der Waals surface area contributed by atoms with Crippen molar-refractivity contribution in [3.05, 3.63) is 83.6 Å². The number of H-pyrrole nitrogens is 1. The van der Waals surface area contributed by atoms with Crippen LogP contribution in [-0.4, -0.2) is 25.0 Å². The highest BCUT2D eigenvalue weighted by molar-refractivity contribution is 6.15. The van der Waals surface area contributed by atoms with Crippen LogP contribution in [0, 0.1) is 0 Å². The van der Waals surface area contributed by atoms with Gasteiger partial charge in [-0.2, -0.15) is 0 Å². The first-order valence-electron chi connectivity index (χ1n) is 9.55. The molecule has 2 heterocycles. The first kappa shape index (κ1) is 18.1. The quantitative estimate of drug-likeness (QED) is 0.464. The zero-order valence-corrected chi connectivity index (χ0v) is 16.6. The summed E-state index contributed by atoms with van der Waals surface area (Å²) < 4.78 is 16.6. The minimum atomic E-state index is -0.149. The fourth-order valence-electron chi connectivity index (χ4n) is 3.73. The van der Waals surface area contributed by atoms with E-state index in [1.54, 1.807) is 38.5 Å². The topological polar surface area (TPSA) is 60.6 Å². The highest BCUT2D eigenvalue weighted by Crippen LogP contribution is 2.38. The Hall–Kier alpha value is -3.99. The highest BCUT2D eigenvalue weighted by atomic mass is 16.5. The van der Waals surface area contributed by atoms with E-state index in [1.807, 2.05) is 48.5 Å². The summed E-state index contributed by atoms with van der Waals surface area (Å²) in [6.45, 7) is 0. The Morgan fingerprint density at radius 2 is 1.63 bits per heavy atom. The first-order chi connectivity index (χ1) is 14.7. The van der Waals surface area contributed by atoms with Crippen molar-refractivity contribution in [1.82, 2.24) is 4.98 Å². The van der Waals surface area contributed by atoms with E-state index in [0.29, 0.717) is 17.1 Å². The van der Waals surface area contributed by atoms with Crippen LogP contribution in [0.1, 0.15) is 15.9 Å². The van der Waals surface area contributed by atoms with Crippen molar-refractivity contribution >= 4 is 22.8 Å². The second-order valence-electron chi connectivity index (χ2n) is 6.99. The number of aromatic amines is 1. The monoisotopic (exact) mass is 397 g/mol. The smallest absolute Gasteiger partial charge is 0.231 e. The Bertz CT molecular complexity index is 1300. The van der Waals surface area contributed by atoms with E-state index >= 15 is 0 Å². The molecule has 0 bridgehead atoms. The van der Waals surface area contributed by atoms with E-state index < -0.39 is 0 Å². The average molecular weight is 397 g/mol. The average Bonchev–Trinajstić information content (AvgIpc) is 3.31. The molecule has 0 spiro atoms. The van der Waals surface area contributed by atoms with Crippen molar-refractivity contribution < 1.29 is 19.0 Å². The molecule has 0 amide bonds. The van der Waals surface area contributed by atoms with Crippen molar-refractivity contribution in [3.63, 3.8) is 0 Å². The van der Waals surface area contributed by atoms with E-state index in [2.05, 4.69) is 4.98 Å². The number of ether oxygens (including phenoxy) is 3. The van der Waals surface area contributed by atoms with Crippen LogP contribution in [0.25, 0.3) is 28.2 Å². The molecule has 1 N–H and O–H groups in total. The molecule has 1 aliphatic rings. The van der Waals surface area contributed by atoms with Gasteiger partial charge < -0.3 is 19.2 Å². The number of carbonyl (C=O) groups is 1. The Morgan fingerprint density at radius 3 is 2.40 bits per heavy atom. The van der Waals surface area contributed by atoms with Crippen molar-refractivity contribution in [2.24, 2.45) is 0 Å². The number of methoxy groups -OCH3 is 2. The maximum atomic E-state index is 13.0. The van der Waals surface area contributed by atoms with E-state index in [0.717, 1.165) is 33.5 Å². The summed E-state index contributed by atoms with van der Waals surface area (Å²) in [5.41, 5.74) is 4.28. The lowest BCUT2D eigenvalue weighted by Gasteiger charge is -2.04. The molecule has 0 saturated heterocycles. The van der Waals surface area contributed by atoms with Crippen LogP contribution >= 0.6 is 0 Å². The van der Waals surface area contributed by atoms with Crippen LogP contribution in [0.3, 0.4) is 0 Å². The highest BCUT2D eigenvalue weighted by Gasteiger charge is 2.28. The van der Waals surface area contributed by atoms with Crippen LogP contribution in [0.5, 0.6) is 17.2 Å². The number of nitrogens with one attached hydrogen (secondary N) is 1. The molecule has 4 aromatic rings. The largest absolute Gasteiger partial charge is 0.497 e. The number of ketones is 1. The predicted octanol–water partition coefficient (Wildman–Crippen LogP) is 5.47. The lowest BCUT2D eigenvalue weighted by Crippen LogP contribution is -1.98. The van der Waals surface area contributed by atoms with Crippen LogP contribution in [-0.2, 0) is 0 Å². The SMILES string of the molecule is COc1ccc2c(c1)O/C(=C\c1c(-c3ccccc3)[nH]c3ccc(OC)cc13)C2=O. The van der Waals surface area contributed by atoms with Gasteiger partial charge in [0.15, 0.2) is 5.76 Å². The number of allylic oxidation sites excluding steroid dienone is 1. The minimum Gasteiger partial charge on any atom is -0.497 e.